The number of amides is 1. The van der Waals surface area contributed by atoms with E-state index in [9.17, 15) is 4.79 Å². The van der Waals surface area contributed by atoms with Gasteiger partial charge in [-0.2, -0.15) is 0 Å². The molecule has 2 heterocycles. The van der Waals surface area contributed by atoms with Gasteiger partial charge in [0.05, 0.1) is 18.4 Å². The van der Waals surface area contributed by atoms with Crippen molar-refractivity contribution in [3.05, 3.63) is 71.8 Å². The molecule has 0 bridgehead atoms. The largest absolute Gasteiger partial charge is 0.497 e. The zero-order valence-electron chi connectivity index (χ0n) is 19.2. The third-order valence-electron chi connectivity index (χ3n) is 5.95. The summed E-state index contributed by atoms with van der Waals surface area (Å²) in [5.41, 5.74) is 4.93. The second-order valence-corrected chi connectivity index (χ2v) is 8.25. The molecule has 6 heteroatoms. The minimum Gasteiger partial charge on any atom is -0.497 e. The second kappa shape index (κ2) is 9.30. The van der Waals surface area contributed by atoms with Crippen molar-refractivity contribution < 1.29 is 9.53 Å². The molecule has 1 aliphatic rings. The van der Waals surface area contributed by atoms with Crippen molar-refractivity contribution >= 4 is 17.4 Å². The first-order valence-electron chi connectivity index (χ1n) is 10.9. The van der Waals surface area contributed by atoms with Crippen molar-refractivity contribution in [2.24, 2.45) is 0 Å². The number of aromatic nitrogens is 1. The summed E-state index contributed by atoms with van der Waals surface area (Å²) in [6.45, 7) is 5.02. The molecule has 2 aromatic carbocycles. The predicted molar refractivity (Wildman–Crippen MR) is 130 cm³/mol. The van der Waals surface area contributed by atoms with Gasteiger partial charge in [0.25, 0.3) is 5.91 Å². The highest BCUT2D eigenvalue weighted by Gasteiger charge is 2.25. The molecule has 32 heavy (non-hydrogen) atoms. The Hall–Kier alpha value is -3.54. The summed E-state index contributed by atoms with van der Waals surface area (Å²) in [5.74, 6) is 1.58. The molecular formula is C26H30N4O2. The quantitative estimate of drug-likeness (QED) is 0.610. The van der Waals surface area contributed by atoms with Crippen LogP contribution in [-0.2, 0) is 0 Å². The summed E-state index contributed by atoms with van der Waals surface area (Å²) in [6.07, 6.45) is 0. The maximum absolute atomic E-state index is 13.4. The van der Waals surface area contributed by atoms with Crippen molar-refractivity contribution in [2.45, 2.75) is 6.92 Å². The summed E-state index contributed by atoms with van der Waals surface area (Å²) >= 11 is 0. The number of methoxy groups -OCH3 is 1. The summed E-state index contributed by atoms with van der Waals surface area (Å²) in [4.78, 5) is 24.4. The van der Waals surface area contributed by atoms with Crippen LogP contribution >= 0.6 is 0 Å². The van der Waals surface area contributed by atoms with Crippen LogP contribution < -0.4 is 14.5 Å². The first-order valence-corrected chi connectivity index (χ1v) is 10.9. The summed E-state index contributed by atoms with van der Waals surface area (Å²) in [6, 6.07) is 20.1. The number of piperazine rings is 1. The molecule has 0 N–H and O–H groups in total. The van der Waals surface area contributed by atoms with Crippen LogP contribution in [0.25, 0.3) is 11.3 Å². The Morgan fingerprint density at radius 1 is 0.938 bits per heavy atom. The van der Waals surface area contributed by atoms with E-state index in [0.717, 1.165) is 35.8 Å². The number of hydrogen-bond acceptors (Lipinski definition) is 5. The first kappa shape index (κ1) is 21.7. The van der Waals surface area contributed by atoms with Crippen molar-refractivity contribution in [2.75, 3.05) is 57.2 Å². The fourth-order valence-corrected chi connectivity index (χ4v) is 4.10. The van der Waals surface area contributed by atoms with E-state index >= 15 is 0 Å². The molecule has 0 atom stereocenters. The average molecular weight is 431 g/mol. The number of benzene rings is 2. The Kier molecular flexibility index (Phi) is 6.30. The SMILES string of the molecule is COc1ccc(N2CCN(C(=O)c3ccc(-c4ccccc4C)nc3N(C)C)CC2)cc1. The lowest BCUT2D eigenvalue weighted by Crippen LogP contribution is -2.49. The lowest BCUT2D eigenvalue weighted by atomic mass is 10.0. The van der Waals surface area contributed by atoms with Crippen molar-refractivity contribution in [1.29, 1.82) is 0 Å². The van der Waals surface area contributed by atoms with E-state index < -0.39 is 0 Å². The van der Waals surface area contributed by atoms with Crippen LogP contribution in [0.3, 0.4) is 0 Å². The summed E-state index contributed by atoms with van der Waals surface area (Å²) < 4.78 is 5.25. The Morgan fingerprint density at radius 2 is 1.62 bits per heavy atom. The van der Waals surface area contributed by atoms with Crippen molar-refractivity contribution in [3.63, 3.8) is 0 Å². The highest BCUT2D eigenvalue weighted by Crippen LogP contribution is 2.27. The van der Waals surface area contributed by atoms with Gasteiger partial charge in [0, 0.05) is 51.5 Å². The van der Waals surface area contributed by atoms with E-state index in [4.69, 9.17) is 9.72 Å². The number of ether oxygens (including phenoxy) is 1. The van der Waals surface area contributed by atoms with Crippen molar-refractivity contribution in [3.8, 4) is 17.0 Å². The topological polar surface area (TPSA) is 48.9 Å². The Labute approximate surface area is 190 Å². The second-order valence-electron chi connectivity index (χ2n) is 8.25. The van der Waals surface area contributed by atoms with Crippen LogP contribution in [-0.4, -0.2) is 63.2 Å². The number of nitrogens with zero attached hydrogens (tertiary/aromatic N) is 4. The molecule has 1 aliphatic heterocycles. The van der Waals surface area contributed by atoms with Gasteiger partial charge in [-0.05, 0) is 48.9 Å². The fraction of sp³-hybridized carbons (Fsp3) is 0.308. The summed E-state index contributed by atoms with van der Waals surface area (Å²) in [7, 11) is 5.54. The van der Waals surface area contributed by atoms with E-state index in [0.29, 0.717) is 24.5 Å². The average Bonchev–Trinajstić information content (AvgIpc) is 2.83. The number of pyridine rings is 1. The standard InChI is InChI=1S/C26H30N4O2/c1-19-7-5-6-8-22(19)24-14-13-23(25(27-24)28(2)3)26(31)30-17-15-29(16-18-30)20-9-11-21(32-4)12-10-20/h5-14H,15-18H2,1-4H3. The highest BCUT2D eigenvalue weighted by atomic mass is 16.5. The molecule has 1 saturated heterocycles. The maximum atomic E-state index is 13.4. The van der Waals surface area contributed by atoms with Gasteiger partial charge in [0.2, 0.25) is 0 Å². The van der Waals surface area contributed by atoms with E-state index in [1.54, 1.807) is 7.11 Å². The molecule has 0 saturated carbocycles. The minimum atomic E-state index is 0.0342. The monoisotopic (exact) mass is 430 g/mol. The van der Waals surface area contributed by atoms with E-state index in [1.165, 1.54) is 5.56 Å². The predicted octanol–water partition coefficient (Wildman–Crippen LogP) is 4.09. The Bertz CT molecular complexity index is 1090. The van der Waals surface area contributed by atoms with Crippen LogP contribution in [0.4, 0.5) is 11.5 Å². The zero-order chi connectivity index (χ0) is 22.7. The lowest BCUT2D eigenvalue weighted by Gasteiger charge is -2.36. The van der Waals surface area contributed by atoms with Gasteiger partial charge in [-0.15, -0.1) is 0 Å². The molecule has 1 amide bonds. The highest BCUT2D eigenvalue weighted by molar-refractivity contribution is 5.99. The third-order valence-corrected chi connectivity index (χ3v) is 5.95. The first-order chi connectivity index (χ1) is 15.5. The Morgan fingerprint density at radius 3 is 2.25 bits per heavy atom. The number of carbonyl (C=O) groups is 1. The lowest BCUT2D eigenvalue weighted by molar-refractivity contribution is 0.0747. The molecule has 0 aliphatic carbocycles. The van der Waals surface area contributed by atoms with Gasteiger partial charge in [-0.3, -0.25) is 4.79 Å². The van der Waals surface area contributed by atoms with Crippen molar-refractivity contribution in [1.82, 2.24) is 9.88 Å². The number of anilines is 2. The van der Waals surface area contributed by atoms with Gasteiger partial charge in [0.1, 0.15) is 11.6 Å². The maximum Gasteiger partial charge on any atom is 0.257 e. The molecule has 0 unspecified atom stereocenters. The molecule has 1 aromatic heterocycles. The van der Waals surface area contributed by atoms with Gasteiger partial charge >= 0.3 is 0 Å². The fourth-order valence-electron chi connectivity index (χ4n) is 4.10. The number of carbonyl (C=O) groups excluding carboxylic acids is 1. The minimum absolute atomic E-state index is 0.0342. The van der Waals surface area contributed by atoms with E-state index in [1.807, 2.05) is 60.3 Å². The molecule has 0 radical (unpaired) electrons. The molecule has 3 aromatic rings. The number of rotatable bonds is 5. The third kappa shape index (κ3) is 4.40. The molecule has 4 rings (SSSR count). The van der Waals surface area contributed by atoms with Crippen LogP contribution in [0, 0.1) is 6.92 Å². The van der Waals surface area contributed by atoms with Crippen LogP contribution in [0.5, 0.6) is 5.75 Å². The Balaban J connectivity index is 1.51. The number of hydrogen-bond donors (Lipinski definition) is 0. The van der Waals surface area contributed by atoms with Crippen LogP contribution in [0.1, 0.15) is 15.9 Å². The van der Waals surface area contributed by atoms with Gasteiger partial charge in [-0.25, -0.2) is 4.98 Å². The van der Waals surface area contributed by atoms with Gasteiger partial charge in [0.15, 0.2) is 0 Å². The van der Waals surface area contributed by atoms with E-state index in [2.05, 4.69) is 36.1 Å². The van der Waals surface area contributed by atoms with Crippen LogP contribution in [0.15, 0.2) is 60.7 Å². The molecular weight excluding hydrogens is 400 g/mol. The molecule has 166 valence electrons. The molecule has 1 fully saturated rings. The molecule has 6 nitrogen and oxygen atoms in total. The summed E-state index contributed by atoms with van der Waals surface area (Å²) in [5, 5.41) is 0. The smallest absolute Gasteiger partial charge is 0.257 e. The number of aryl methyl sites for hydroxylation is 1. The molecule has 0 spiro atoms. The zero-order valence-corrected chi connectivity index (χ0v) is 19.2. The van der Waals surface area contributed by atoms with Gasteiger partial charge in [-0.1, -0.05) is 24.3 Å². The van der Waals surface area contributed by atoms with Gasteiger partial charge < -0.3 is 19.4 Å². The van der Waals surface area contributed by atoms with E-state index in [-0.39, 0.29) is 5.91 Å². The van der Waals surface area contributed by atoms with Crippen LogP contribution in [0.2, 0.25) is 0 Å². The normalized spacial score (nSPS) is 13.8.